The van der Waals surface area contributed by atoms with Crippen LogP contribution in [0.2, 0.25) is 0 Å². The molecule has 0 unspecified atom stereocenters. The molecule has 2 aliphatic heterocycles. The van der Waals surface area contributed by atoms with Crippen LogP contribution in [0.4, 0.5) is 17.2 Å². The summed E-state index contributed by atoms with van der Waals surface area (Å²) in [7, 11) is 0. The summed E-state index contributed by atoms with van der Waals surface area (Å²) in [5, 5.41) is 3.04. The van der Waals surface area contributed by atoms with Gasteiger partial charge in [0.15, 0.2) is 0 Å². The van der Waals surface area contributed by atoms with Crippen molar-refractivity contribution in [1.29, 1.82) is 0 Å². The Kier molecular flexibility index (Phi) is 5.25. The third kappa shape index (κ3) is 3.90. The van der Waals surface area contributed by atoms with E-state index in [1.165, 1.54) is 24.1 Å². The van der Waals surface area contributed by atoms with Crippen LogP contribution in [-0.2, 0) is 4.74 Å². The number of amides is 1. The highest BCUT2D eigenvalue weighted by molar-refractivity contribution is 6.07. The highest BCUT2D eigenvalue weighted by Gasteiger charge is 2.20. The first-order valence-electron chi connectivity index (χ1n) is 9.67. The predicted octanol–water partition coefficient (Wildman–Crippen LogP) is 3.08. The molecule has 0 atom stereocenters. The van der Waals surface area contributed by atoms with Gasteiger partial charge < -0.3 is 19.9 Å². The van der Waals surface area contributed by atoms with E-state index in [0.29, 0.717) is 18.8 Å². The molecule has 2 fully saturated rings. The SMILES string of the molecule is Cc1cc(NC(=O)c2cccnc2N2CCOCC2)ccc1N1CCCC1. The second kappa shape index (κ2) is 7.96. The molecule has 6 nitrogen and oxygen atoms in total. The number of carbonyl (C=O) groups excluding carboxylic acids is 1. The minimum atomic E-state index is -0.127. The topological polar surface area (TPSA) is 57.7 Å². The summed E-state index contributed by atoms with van der Waals surface area (Å²) in [5.41, 5.74) is 3.87. The molecule has 0 aliphatic carbocycles. The highest BCUT2D eigenvalue weighted by Crippen LogP contribution is 2.27. The fourth-order valence-electron chi connectivity index (χ4n) is 3.85. The molecule has 0 saturated carbocycles. The predicted molar refractivity (Wildman–Crippen MR) is 108 cm³/mol. The lowest BCUT2D eigenvalue weighted by Gasteiger charge is -2.29. The Morgan fingerprint density at radius 1 is 1.07 bits per heavy atom. The average molecular weight is 366 g/mol. The molecule has 3 heterocycles. The van der Waals surface area contributed by atoms with Gasteiger partial charge in [-0.1, -0.05) is 0 Å². The molecule has 2 saturated heterocycles. The van der Waals surface area contributed by atoms with Crippen LogP contribution in [0.3, 0.4) is 0 Å². The van der Waals surface area contributed by atoms with Crippen molar-refractivity contribution in [2.45, 2.75) is 19.8 Å². The number of carbonyl (C=O) groups is 1. The van der Waals surface area contributed by atoms with Gasteiger partial charge in [-0.3, -0.25) is 4.79 Å². The zero-order valence-corrected chi connectivity index (χ0v) is 15.8. The number of morpholine rings is 1. The van der Waals surface area contributed by atoms with Crippen LogP contribution < -0.4 is 15.1 Å². The first kappa shape index (κ1) is 17.8. The molecule has 6 heteroatoms. The molecule has 0 spiro atoms. The normalized spacial score (nSPS) is 17.2. The number of hydrogen-bond donors (Lipinski definition) is 1. The maximum absolute atomic E-state index is 12.9. The number of nitrogens with one attached hydrogen (secondary N) is 1. The molecule has 2 aromatic rings. The zero-order valence-electron chi connectivity index (χ0n) is 15.8. The Balaban J connectivity index is 1.52. The molecule has 0 bridgehead atoms. The van der Waals surface area contributed by atoms with Gasteiger partial charge in [0.05, 0.1) is 18.8 Å². The molecule has 1 aromatic carbocycles. The number of nitrogens with zero attached hydrogens (tertiary/aromatic N) is 3. The summed E-state index contributed by atoms with van der Waals surface area (Å²) in [5.74, 6) is 0.599. The van der Waals surface area contributed by atoms with Crippen LogP contribution in [0.15, 0.2) is 36.5 Å². The van der Waals surface area contributed by atoms with E-state index in [9.17, 15) is 4.79 Å². The fraction of sp³-hybridized carbons (Fsp3) is 0.429. The molecule has 1 amide bonds. The van der Waals surface area contributed by atoms with Crippen molar-refractivity contribution >= 4 is 23.1 Å². The lowest BCUT2D eigenvalue weighted by atomic mass is 10.1. The van der Waals surface area contributed by atoms with Gasteiger partial charge in [-0.05, 0) is 55.7 Å². The maximum atomic E-state index is 12.9. The number of pyridine rings is 1. The summed E-state index contributed by atoms with van der Waals surface area (Å²) in [6, 6.07) is 9.79. The van der Waals surface area contributed by atoms with E-state index in [1.807, 2.05) is 12.1 Å². The number of ether oxygens (including phenoxy) is 1. The van der Waals surface area contributed by atoms with Crippen molar-refractivity contribution in [3.8, 4) is 0 Å². The van der Waals surface area contributed by atoms with Crippen LogP contribution in [0.5, 0.6) is 0 Å². The van der Waals surface area contributed by atoms with Gasteiger partial charge in [0.2, 0.25) is 0 Å². The van der Waals surface area contributed by atoms with Crippen molar-refractivity contribution < 1.29 is 9.53 Å². The van der Waals surface area contributed by atoms with Gasteiger partial charge in [-0.15, -0.1) is 0 Å². The van der Waals surface area contributed by atoms with Crippen molar-refractivity contribution in [2.24, 2.45) is 0 Å². The minimum Gasteiger partial charge on any atom is -0.378 e. The van der Waals surface area contributed by atoms with Crippen molar-refractivity contribution in [1.82, 2.24) is 4.98 Å². The lowest BCUT2D eigenvalue weighted by molar-refractivity contribution is 0.102. The molecule has 142 valence electrons. The summed E-state index contributed by atoms with van der Waals surface area (Å²) in [6.45, 7) is 7.16. The van der Waals surface area contributed by atoms with E-state index < -0.39 is 0 Å². The summed E-state index contributed by atoms with van der Waals surface area (Å²) in [6.07, 6.45) is 4.24. The summed E-state index contributed by atoms with van der Waals surface area (Å²) >= 11 is 0. The van der Waals surface area contributed by atoms with Crippen molar-refractivity contribution in [3.05, 3.63) is 47.7 Å². The first-order chi connectivity index (χ1) is 13.2. The zero-order chi connectivity index (χ0) is 18.6. The fourth-order valence-corrected chi connectivity index (χ4v) is 3.85. The third-order valence-electron chi connectivity index (χ3n) is 5.24. The molecule has 0 radical (unpaired) electrons. The molecular weight excluding hydrogens is 340 g/mol. The van der Waals surface area contributed by atoms with Crippen LogP contribution >= 0.6 is 0 Å². The third-order valence-corrected chi connectivity index (χ3v) is 5.24. The number of aromatic nitrogens is 1. The maximum Gasteiger partial charge on any atom is 0.259 e. The first-order valence-corrected chi connectivity index (χ1v) is 9.67. The van der Waals surface area contributed by atoms with Gasteiger partial charge in [-0.2, -0.15) is 0 Å². The van der Waals surface area contributed by atoms with Gasteiger partial charge in [0.25, 0.3) is 5.91 Å². The summed E-state index contributed by atoms with van der Waals surface area (Å²) in [4.78, 5) is 21.9. The second-order valence-electron chi connectivity index (χ2n) is 7.12. The quantitative estimate of drug-likeness (QED) is 0.901. The van der Waals surface area contributed by atoms with Gasteiger partial charge in [0, 0.05) is 43.8 Å². The molecule has 27 heavy (non-hydrogen) atoms. The average Bonchev–Trinajstić information content (AvgIpc) is 3.23. The van der Waals surface area contributed by atoms with E-state index in [-0.39, 0.29) is 5.91 Å². The minimum absolute atomic E-state index is 0.127. The largest absolute Gasteiger partial charge is 0.378 e. The molecular formula is C21H26N4O2. The van der Waals surface area contributed by atoms with E-state index in [0.717, 1.165) is 37.7 Å². The molecule has 1 N–H and O–H groups in total. The number of rotatable bonds is 4. The van der Waals surface area contributed by atoms with Gasteiger partial charge in [-0.25, -0.2) is 4.98 Å². The Labute approximate surface area is 160 Å². The Morgan fingerprint density at radius 2 is 1.85 bits per heavy atom. The van der Waals surface area contributed by atoms with Crippen LogP contribution in [0, 0.1) is 6.92 Å². The summed E-state index contributed by atoms with van der Waals surface area (Å²) < 4.78 is 5.41. The highest BCUT2D eigenvalue weighted by atomic mass is 16.5. The van der Waals surface area contributed by atoms with E-state index in [2.05, 4.69) is 39.2 Å². The van der Waals surface area contributed by atoms with Gasteiger partial charge >= 0.3 is 0 Å². The lowest BCUT2D eigenvalue weighted by Crippen LogP contribution is -2.38. The van der Waals surface area contributed by atoms with Gasteiger partial charge in [0.1, 0.15) is 5.82 Å². The number of benzene rings is 1. The van der Waals surface area contributed by atoms with E-state index in [1.54, 1.807) is 12.3 Å². The van der Waals surface area contributed by atoms with E-state index >= 15 is 0 Å². The standard InChI is InChI=1S/C21H26N4O2/c1-16-15-17(6-7-19(16)24-9-2-3-10-24)23-21(26)18-5-4-8-22-20(18)25-11-13-27-14-12-25/h4-8,15H,2-3,9-14H2,1H3,(H,23,26). The number of anilines is 3. The Morgan fingerprint density at radius 3 is 2.59 bits per heavy atom. The molecule has 2 aliphatic rings. The number of aryl methyl sites for hydroxylation is 1. The van der Waals surface area contributed by atoms with Crippen LogP contribution in [0.1, 0.15) is 28.8 Å². The van der Waals surface area contributed by atoms with Crippen LogP contribution in [0.25, 0.3) is 0 Å². The smallest absolute Gasteiger partial charge is 0.259 e. The van der Waals surface area contributed by atoms with E-state index in [4.69, 9.17) is 4.74 Å². The molecule has 1 aromatic heterocycles. The Bertz CT molecular complexity index is 812. The monoisotopic (exact) mass is 366 g/mol. The second-order valence-corrected chi connectivity index (χ2v) is 7.12. The number of hydrogen-bond acceptors (Lipinski definition) is 5. The Hall–Kier alpha value is -2.60. The van der Waals surface area contributed by atoms with Crippen LogP contribution in [-0.4, -0.2) is 50.3 Å². The molecule has 4 rings (SSSR count). The van der Waals surface area contributed by atoms with Crippen molar-refractivity contribution in [2.75, 3.05) is 54.5 Å². The van der Waals surface area contributed by atoms with Crippen molar-refractivity contribution in [3.63, 3.8) is 0 Å².